The summed E-state index contributed by atoms with van der Waals surface area (Å²) in [6.07, 6.45) is 2.19. The minimum atomic E-state index is -0.151. The SMILES string of the molecule is CCNC(=NCc1noc(C(C)(C)C)n1)NC1CCN(Cc2ccccc2)C(C)C1. The van der Waals surface area contributed by atoms with Crippen LogP contribution in [0.2, 0.25) is 0 Å². The van der Waals surface area contributed by atoms with Gasteiger partial charge in [-0.2, -0.15) is 4.98 Å². The molecule has 1 aliphatic rings. The second-order valence-electron chi connectivity index (χ2n) is 9.13. The van der Waals surface area contributed by atoms with E-state index in [2.05, 4.69) is 95.6 Å². The lowest BCUT2D eigenvalue weighted by Gasteiger charge is -2.38. The summed E-state index contributed by atoms with van der Waals surface area (Å²) in [5.74, 6) is 2.07. The molecular weight excluding hydrogens is 376 g/mol. The number of nitrogens with one attached hydrogen (secondary N) is 2. The van der Waals surface area contributed by atoms with E-state index < -0.39 is 0 Å². The first-order valence-electron chi connectivity index (χ1n) is 11.0. The summed E-state index contributed by atoms with van der Waals surface area (Å²) in [7, 11) is 0. The summed E-state index contributed by atoms with van der Waals surface area (Å²) in [6, 6.07) is 11.6. The molecule has 0 amide bonds. The Morgan fingerprint density at radius 3 is 2.67 bits per heavy atom. The van der Waals surface area contributed by atoms with E-state index in [-0.39, 0.29) is 5.41 Å². The van der Waals surface area contributed by atoms with Crippen molar-refractivity contribution in [2.45, 2.75) is 78.0 Å². The van der Waals surface area contributed by atoms with Crippen LogP contribution in [0.3, 0.4) is 0 Å². The number of aliphatic imine (C=N–C) groups is 1. The normalized spacial score (nSPS) is 20.9. The Morgan fingerprint density at radius 2 is 2.03 bits per heavy atom. The van der Waals surface area contributed by atoms with Gasteiger partial charge in [0.05, 0.1) is 0 Å². The third-order valence-corrected chi connectivity index (χ3v) is 5.42. The van der Waals surface area contributed by atoms with E-state index in [0.717, 1.165) is 38.4 Å². The van der Waals surface area contributed by atoms with Gasteiger partial charge >= 0.3 is 0 Å². The van der Waals surface area contributed by atoms with Crippen molar-refractivity contribution < 1.29 is 4.52 Å². The average molecular weight is 413 g/mol. The molecule has 0 bridgehead atoms. The molecule has 1 fully saturated rings. The lowest BCUT2D eigenvalue weighted by Crippen LogP contribution is -2.51. The van der Waals surface area contributed by atoms with Gasteiger partial charge in [-0.05, 0) is 32.3 Å². The molecule has 3 rings (SSSR count). The zero-order valence-electron chi connectivity index (χ0n) is 19.0. The standard InChI is InChI=1S/C23H36N6O/c1-6-24-22(25-15-20-27-21(30-28-20)23(3,4)5)26-19-12-13-29(17(2)14-19)16-18-10-8-7-9-11-18/h7-11,17,19H,6,12-16H2,1-5H3,(H2,24,25,26). The van der Waals surface area contributed by atoms with E-state index >= 15 is 0 Å². The smallest absolute Gasteiger partial charge is 0.232 e. The highest BCUT2D eigenvalue weighted by molar-refractivity contribution is 5.80. The summed E-state index contributed by atoms with van der Waals surface area (Å²) in [6.45, 7) is 13.9. The Labute approximate surface area is 180 Å². The molecule has 1 aliphatic heterocycles. The second kappa shape index (κ2) is 10.1. The maximum Gasteiger partial charge on any atom is 0.232 e. The van der Waals surface area contributed by atoms with Crippen molar-refractivity contribution in [1.82, 2.24) is 25.7 Å². The Balaban J connectivity index is 1.55. The Bertz CT molecular complexity index is 811. The van der Waals surface area contributed by atoms with E-state index in [0.29, 0.717) is 30.3 Å². The predicted molar refractivity (Wildman–Crippen MR) is 120 cm³/mol. The molecule has 1 aromatic heterocycles. The molecule has 0 aliphatic carbocycles. The van der Waals surface area contributed by atoms with Crippen molar-refractivity contribution in [3.63, 3.8) is 0 Å². The average Bonchev–Trinajstić information content (AvgIpc) is 3.19. The van der Waals surface area contributed by atoms with Gasteiger partial charge in [-0.1, -0.05) is 56.3 Å². The van der Waals surface area contributed by atoms with E-state index in [1.54, 1.807) is 0 Å². The van der Waals surface area contributed by atoms with Crippen molar-refractivity contribution in [2.75, 3.05) is 13.1 Å². The number of hydrogen-bond donors (Lipinski definition) is 2. The Hall–Kier alpha value is -2.41. The van der Waals surface area contributed by atoms with Gasteiger partial charge in [-0.3, -0.25) is 4.90 Å². The van der Waals surface area contributed by atoms with Crippen molar-refractivity contribution in [3.05, 3.63) is 47.6 Å². The zero-order valence-corrected chi connectivity index (χ0v) is 19.0. The van der Waals surface area contributed by atoms with Crippen LogP contribution >= 0.6 is 0 Å². The van der Waals surface area contributed by atoms with E-state index in [1.165, 1.54) is 5.56 Å². The first-order chi connectivity index (χ1) is 14.3. The monoisotopic (exact) mass is 412 g/mol. The number of piperidine rings is 1. The molecule has 1 saturated heterocycles. The molecule has 0 radical (unpaired) electrons. The second-order valence-corrected chi connectivity index (χ2v) is 9.13. The van der Waals surface area contributed by atoms with Gasteiger partial charge in [0, 0.05) is 37.1 Å². The first kappa shape index (κ1) is 22.3. The summed E-state index contributed by atoms with van der Waals surface area (Å²) in [4.78, 5) is 11.7. The highest BCUT2D eigenvalue weighted by Crippen LogP contribution is 2.21. The van der Waals surface area contributed by atoms with Gasteiger partial charge in [0.1, 0.15) is 6.54 Å². The van der Waals surface area contributed by atoms with Gasteiger partial charge in [-0.25, -0.2) is 4.99 Å². The Morgan fingerprint density at radius 1 is 1.27 bits per heavy atom. The fraction of sp³-hybridized carbons (Fsp3) is 0.609. The molecule has 2 atom stereocenters. The van der Waals surface area contributed by atoms with Crippen LogP contribution in [0.1, 0.15) is 64.7 Å². The molecule has 7 heteroatoms. The molecule has 2 aromatic rings. The molecule has 164 valence electrons. The van der Waals surface area contributed by atoms with Gasteiger partial charge in [0.2, 0.25) is 5.89 Å². The molecule has 7 nitrogen and oxygen atoms in total. The number of aromatic nitrogens is 2. The summed E-state index contributed by atoms with van der Waals surface area (Å²) < 4.78 is 5.37. The van der Waals surface area contributed by atoms with E-state index in [1.807, 2.05) is 0 Å². The molecule has 1 aromatic carbocycles. The third kappa shape index (κ3) is 6.29. The number of hydrogen-bond acceptors (Lipinski definition) is 5. The van der Waals surface area contributed by atoms with Gasteiger partial charge in [0.25, 0.3) is 0 Å². The summed E-state index contributed by atoms with van der Waals surface area (Å²) in [5.41, 5.74) is 1.22. The van der Waals surface area contributed by atoms with Crippen LogP contribution in [-0.4, -0.2) is 46.2 Å². The number of likely N-dealkylation sites (tertiary alicyclic amines) is 1. The lowest BCUT2D eigenvalue weighted by molar-refractivity contribution is 0.134. The predicted octanol–water partition coefficient (Wildman–Crippen LogP) is 3.48. The summed E-state index contributed by atoms with van der Waals surface area (Å²) in [5, 5.41) is 11.0. The highest BCUT2D eigenvalue weighted by Gasteiger charge is 2.26. The number of nitrogens with zero attached hydrogens (tertiary/aromatic N) is 4. The van der Waals surface area contributed by atoms with Crippen molar-refractivity contribution in [3.8, 4) is 0 Å². The molecule has 2 N–H and O–H groups in total. The number of rotatable bonds is 6. The molecule has 0 saturated carbocycles. The van der Waals surface area contributed by atoms with Crippen LogP contribution in [0.15, 0.2) is 39.8 Å². The van der Waals surface area contributed by atoms with Crippen LogP contribution in [0.25, 0.3) is 0 Å². The van der Waals surface area contributed by atoms with Gasteiger partial charge in [0.15, 0.2) is 11.8 Å². The van der Waals surface area contributed by atoms with Crippen LogP contribution < -0.4 is 10.6 Å². The lowest BCUT2D eigenvalue weighted by atomic mass is 9.97. The third-order valence-electron chi connectivity index (χ3n) is 5.42. The van der Waals surface area contributed by atoms with Crippen LogP contribution in [-0.2, 0) is 18.5 Å². The number of guanidine groups is 1. The van der Waals surface area contributed by atoms with E-state index in [4.69, 9.17) is 4.52 Å². The first-order valence-corrected chi connectivity index (χ1v) is 11.0. The molecule has 2 unspecified atom stereocenters. The molecule has 30 heavy (non-hydrogen) atoms. The topological polar surface area (TPSA) is 78.6 Å². The largest absolute Gasteiger partial charge is 0.357 e. The molecule has 0 spiro atoms. The zero-order chi connectivity index (χ0) is 21.6. The maximum atomic E-state index is 5.37. The van der Waals surface area contributed by atoms with Crippen molar-refractivity contribution >= 4 is 5.96 Å². The highest BCUT2D eigenvalue weighted by atomic mass is 16.5. The van der Waals surface area contributed by atoms with Gasteiger partial charge < -0.3 is 15.2 Å². The molecule has 2 heterocycles. The van der Waals surface area contributed by atoms with Crippen molar-refractivity contribution in [2.24, 2.45) is 4.99 Å². The summed E-state index contributed by atoms with van der Waals surface area (Å²) >= 11 is 0. The fourth-order valence-electron chi connectivity index (χ4n) is 3.69. The van der Waals surface area contributed by atoms with Gasteiger partial charge in [-0.15, -0.1) is 0 Å². The van der Waals surface area contributed by atoms with E-state index in [9.17, 15) is 0 Å². The van der Waals surface area contributed by atoms with Crippen LogP contribution in [0, 0.1) is 0 Å². The van der Waals surface area contributed by atoms with Crippen LogP contribution in [0.4, 0.5) is 0 Å². The van der Waals surface area contributed by atoms with Crippen molar-refractivity contribution in [1.29, 1.82) is 0 Å². The fourth-order valence-corrected chi connectivity index (χ4v) is 3.69. The minimum absolute atomic E-state index is 0.151. The van der Waals surface area contributed by atoms with Crippen LogP contribution in [0.5, 0.6) is 0 Å². The quantitative estimate of drug-likeness (QED) is 0.559. The maximum absolute atomic E-state index is 5.37. The Kier molecular flexibility index (Phi) is 7.48. The molecular formula is C23H36N6O. The number of benzene rings is 1. The minimum Gasteiger partial charge on any atom is -0.357 e.